The van der Waals surface area contributed by atoms with Crippen molar-refractivity contribution in [3.63, 3.8) is 0 Å². The number of nitrogens with one attached hydrogen (secondary N) is 1. The number of aryl methyl sites for hydroxylation is 1. The number of benzene rings is 1. The van der Waals surface area contributed by atoms with Crippen LogP contribution in [0.5, 0.6) is 0 Å². The molecule has 0 aliphatic rings. The highest BCUT2D eigenvalue weighted by Gasteiger charge is 2.15. The van der Waals surface area contributed by atoms with E-state index in [2.05, 4.69) is 37.1 Å². The molecule has 0 radical (unpaired) electrons. The lowest BCUT2D eigenvalue weighted by molar-refractivity contribution is 0.443. The van der Waals surface area contributed by atoms with Crippen LogP contribution in [0.15, 0.2) is 18.3 Å². The molecule has 20 heavy (non-hydrogen) atoms. The Balaban J connectivity index is 2.62. The summed E-state index contributed by atoms with van der Waals surface area (Å²) in [5, 5.41) is 14.2. The van der Waals surface area contributed by atoms with E-state index in [9.17, 15) is 5.26 Å². The summed E-state index contributed by atoms with van der Waals surface area (Å²) >= 11 is 6.25. The molecule has 1 heterocycles. The van der Waals surface area contributed by atoms with Crippen molar-refractivity contribution in [3.8, 4) is 6.07 Å². The highest BCUT2D eigenvalue weighted by molar-refractivity contribution is 6.35. The molecule has 1 aromatic carbocycles. The first kappa shape index (κ1) is 14.6. The van der Waals surface area contributed by atoms with Crippen LogP contribution in [-0.4, -0.2) is 11.5 Å². The fourth-order valence-electron chi connectivity index (χ4n) is 2.02. The molecular weight excluding hydrogens is 270 g/mol. The molecule has 2 aromatic rings. The maximum Gasteiger partial charge on any atom is 0.103 e. The zero-order valence-electron chi connectivity index (χ0n) is 12.2. The van der Waals surface area contributed by atoms with Gasteiger partial charge in [0.2, 0.25) is 0 Å². The van der Waals surface area contributed by atoms with E-state index in [1.807, 2.05) is 19.1 Å². The predicted octanol–water partition coefficient (Wildman–Crippen LogP) is 4.53. The van der Waals surface area contributed by atoms with Crippen molar-refractivity contribution in [3.05, 3.63) is 34.5 Å². The second-order valence-electron chi connectivity index (χ2n) is 6.22. The molecule has 0 fully saturated rings. The number of aromatic nitrogens is 1. The number of rotatable bonds is 2. The summed E-state index contributed by atoms with van der Waals surface area (Å²) in [5.41, 5.74) is 3.27. The summed E-state index contributed by atoms with van der Waals surface area (Å²) < 4.78 is 0. The third kappa shape index (κ3) is 3.02. The van der Waals surface area contributed by atoms with Gasteiger partial charge in [0.15, 0.2) is 0 Å². The number of nitriles is 1. The Morgan fingerprint density at radius 1 is 1.35 bits per heavy atom. The molecule has 2 rings (SSSR count). The zero-order chi connectivity index (χ0) is 14.9. The molecule has 1 N–H and O–H groups in total. The van der Waals surface area contributed by atoms with E-state index in [0.29, 0.717) is 10.6 Å². The minimum atomic E-state index is 0.121. The third-order valence-corrected chi connectivity index (χ3v) is 3.27. The summed E-state index contributed by atoms with van der Waals surface area (Å²) in [6, 6.07) is 6.09. The van der Waals surface area contributed by atoms with Crippen LogP contribution >= 0.6 is 11.6 Å². The molecule has 104 valence electrons. The summed E-state index contributed by atoms with van der Waals surface area (Å²) in [7, 11) is 0. The zero-order valence-corrected chi connectivity index (χ0v) is 13.0. The van der Waals surface area contributed by atoms with Gasteiger partial charge in [-0.1, -0.05) is 32.4 Å². The van der Waals surface area contributed by atoms with Crippen molar-refractivity contribution in [2.75, 3.05) is 11.9 Å². The first-order valence-corrected chi connectivity index (χ1v) is 6.92. The third-order valence-electron chi connectivity index (χ3n) is 2.99. The first-order valence-electron chi connectivity index (χ1n) is 6.54. The van der Waals surface area contributed by atoms with Gasteiger partial charge in [-0.3, -0.25) is 4.98 Å². The molecule has 0 aliphatic heterocycles. The van der Waals surface area contributed by atoms with Crippen molar-refractivity contribution >= 4 is 28.2 Å². The van der Waals surface area contributed by atoms with Crippen molar-refractivity contribution in [2.24, 2.45) is 5.41 Å². The highest BCUT2D eigenvalue weighted by Crippen LogP contribution is 2.32. The van der Waals surface area contributed by atoms with Crippen molar-refractivity contribution in [2.45, 2.75) is 27.7 Å². The first-order chi connectivity index (χ1) is 9.31. The van der Waals surface area contributed by atoms with E-state index < -0.39 is 0 Å². The predicted molar refractivity (Wildman–Crippen MR) is 84.1 cm³/mol. The minimum Gasteiger partial charge on any atom is -0.383 e. The number of hydrogen-bond acceptors (Lipinski definition) is 3. The van der Waals surface area contributed by atoms with Crippen LogP contribution in [-0.2, 0) is 0 Å². The summed E-state index contributed by atoms with van der Waals surface area (Å²) in [5.74, 6) is 0. The van der Waals surface area contributed by atoms with Gasteiger partial charge in [0.25, 0.3) is 0 Å². The maximum absolute atomic E-state index is 9.28. The van der Waals surface area contributed by atoms with Crippen molar-refractivity contribution < 1.29 is 0 Å². The van der Waals surface area contributed by atoms with E-state index in [1.54, 1.807) is 6.20 Å². The smallest absolute Gasteiger partial charge is 0.103 e. The highest BCUT2D eigenvalue weighted by atomic mass is 35.5. The van der Waals surface area contributed by atoms with E-state index >= 15 is 0 Å². The number of halogens is 1. The van der Waals surface area contributed by atoms with Gasteiger partial charge in [0.05, 0.1) is 21.8 Å². The van der Waals surface area contributed by atoms with Crippen LogP contribution in [0.2, 0.25) is 5.02 Å². The summed E-state index contributed by atoms with van der Waals surface area (Å²) in [6.45, 7) is 9.19. The Morgan fingerprint density at radius 2 is 2.05 bits per heavy atom. The topological polar surface area (TPSA) is 48.7 Å². The molecule has 4 heteroatoms. The fourth-order valence-corrected chi connectivity index (χ4v) is 2.35. The lowest BCUT2D eigenvalue weighted by Crippen LogP contribution is -2.19. The van der Waals surface area contributed by atoms with Crippen LogP contribution in [0.4, 0.5) is 5.69 Å². The molecular formula is C16H18ClN3. The molecule has 0 spiro atoms. The maximum atomic E-state index is 9.28. The number of anilines is 1. The second kappa shape index (κ2) is 5.30. The average molecular weight is 288 g/mol. The van der Waals surface area contributed by atoms with Crippen LogP contribution in [0.1, 0.15) is 31.9 Å². The molecule has 0 atom stereocenters. The molecule has 0 bridgehead atoms. The van der Waals surface area contributed by atoms with Gasteiger partial charge in [-0.15, -0.1) is 0 Å². The molecule has 0 amide bonds. The largest absolute Gasteiger partial charge is 0.383 e. The molecule has 3 nitrogen and oxygen atoms in total. The quantitative estimate of drug-likeness (QED) is 0.883. The van der Waals surface area contributed by atoms with Gasteiger partial charge in [-0.05, 0) is 30.0 Å². The Kier molecular flexibility index (Phi) is 3.87. The summed E-state index contributed by atoms with van der Waals surface area (Å²) in [6.07, 6.45) is 1.58. The lowest BCUT2D eigenvalue weighted by atomic mass is 9.96. The number of nitrogens with zero attached hydrogens (tertiary/aromatic N) is 2. The molecule has 0 saturated heterocycles. The van der Waals surface area contributed by atoms with Gasteiger partial charge < -0.3 is 5.32 Å². The van der Waals surface area contributed by atoms with Crippen LogP contribution in [0, 0.1) is 23.7 Å². The van der Waals surface area contributed by atoms with E-state index in [0.717, 1.165) is 28.7 Å². The van der Waals surface area contributed by atoms with Crippen LogP contribution in [0.3, 0.4) is 0 Å². The van der Waals surface area contributed by atoms with Gasteiger partial charge in [-0.25, -0.2) is 0 Å². The van der Waals surface area contributed by atoms with Crippen LogP contribution < -0.4 is 5.32 Å². The average Bonchev–Trinajstić information content (AvgIpc) is 2.34. The monoisotopic (exact) mass is 287 g/mol. The van der Waals surface area contributed by atoms with E-state index in [-0.39, 0.29) is 5.41 Å². The standard InChI is InChI=1S/C16H18ClN3/c1-10-5-12-14(20-9-16(2,3)4)11(7-18)8-19-15(12)13(17)6-10/h5-6,8H,9H2,1-4H3,(H,19,20). The Hall–Kier alpha value is -1.79. The van der Waals surface area contributed by atoms with E-state index in [1.165, 1.54) is 0 Å². The summed E-state index contributed by atoms with van der Waals surface area (Å²) in [4.78, 5) is 4.30. The second-order valence-corrected chi connectivity index (χ2v) is 6.62. The van der Waals surface area contributed by atoms with Crippen LogP contribution in [0.25, 0.3) is 10.9 Å². The molecule has 0 aliphatic carbocycles. The fraction of sp³-hybridized carbons (Fsp3) is 0.375. The number of hydrogen-bond donors (Lipinski definition) is 1. The number of fused-ring (bicyclic) bond motifs is 1. The lowest BCUT2D eigenvalue weighted by Gasteiger charge is -2.21. The molecule has 0 saturated carbocycles. The van der Waals surface area contributed by atoms with E-state index in [4.69, 9.17) is 11.6 Å². The normalized spacial score (nSPS) is 11.4. The molecule has 1 aromatic heterocycles. The Bertz CT molecular complexity index is 693. The van der Waals surface area contributed by atoms with Gasteiger partial charge >= 0.3 is 0 Å². The molecule has 0 unspecified atom stereocenters. The van der Waals surface area contributed by atoms with Gasteiger partial charge in [0.1, 0.15) is 6.07 Å². The Labute approximate surface area is 124 Å². The minimum absolute atomic E-state index is 0.121. The Morgan fingerprint density at radius 3 is 2.65 bits per heavy atom. The van der Waals surface area contributed by atoms with Gasteiger partial charge in [-0.2, -0.15) is 5.26 Å². The van der Waals surface area contributed by atoms with Crippen molar-refractivity contribution in [1.82, 2.24) is 4.98 Å². The number of pyridine rings is 1. The SMILES string of the molecule is Cc1cc(Cl)c2ncc(C#N)c(NCC(C)(C)C)c2c1. The van der Waals surface area contributed by atoms with Gasteiger partial charge in [0, 0.05) is 18.1 Å². The van der Waals surface area contributed by atoms with Crippen molar-refractivity contribution in [1.29, 1.82) is 5.26 Å².